The van der Waals surface area contributed by atoms with Crippen molar-refractivity contribution in [3.05, 3.63) is 160 Å². The number of rotatable bonds is 14. The second kappa shape index (κ2) is 16.7. The summed E-state index contributed by atoms with van der Waals surface area (Å²) in [6, 6.07) is 26.7. The van der Waals surface area contributed by atoms with Crippen LogP contribution in [0.15, 0.2) is 143 Å². The maximum Gasteiger partial charge on any atom is 0.326 e. The molecule has 5 nitrogen and oxygen atoms in total. The maximum atomic E-state index is 10.8. The van der Waals surface area contributed by atoms with Crippen LogP contribution in [-0.2, 0) is 20.5 Å². The molecule has 0 saturated carbocycles. The van der Waals surface area contributed by atoms with Crippen molar-refractivity contribution in [2.24, 2.45) is 11.8 Å². The van der Waals surface area contributed by atoms with E-state index in [0.717, 1.165) is 59.3 Å². The highest BCUT2D eigenvalue weighted by molar-refractivity contribution is 6.66. The number of ether oxygens (including phenoxy) is 1. The molecule has 0 aromatic heterocycles. The Labute approximate surface area is 355 Å². The summed E-state index contributed by atoms with van der Waals surface area (Å²) in [5, 5.41) is 21.4. The highest BCUT2D eigenvalue weighted by atomic mass is 16.5. The molecule has 3 aliphatic carbocycles. The molecule has 4 unspecified atom stereocenters. The highest BCUT2D eigenvalue weighted by Gasteiger charge is 2.40. The van der Waals surface area contributed by atoms with Gasteiger partial charge in [-0.15, -0.1) is 0 Å². The topological polar surface area (TPSA) is 68.2 Å². The van der Waals surface area contributed by atoms with E-state index in [1.165, 1.54) is 27.8 Å². The van der Waals surface area contributed by atoms with Gasteiger partial charge in [0.15, 0.2) is 0 Å². The molecule has 0 saturated heterocycles. The molecule has 307 valence electrons. The maximum absolute atomic E-state index is 10.8. The summed E-state index contributed by atoms with van der Waals surface area (Å²) in [6.07, 6.45) is 19.5. The summed E-state index contributed by atoms with van der Waals surface area (Å²) in [4.78, 5) is 0. The molecule has 7 heteroatoms. The summed E-state index contributed by atoms with van der Waals surface area (Å²) < 4.78 is 19.2. The predicted molar refractivity (Wildman–Crippen MR) is 245 cm³/mol. The monoisotopic (exact) mass is 789 g/mol. The van der Waals surface area contributed by atoms with Crippen LogP contribution in [0.3, 0.4) is 0 Å². The van der Waals surface area contributed by atoms with Crippen molar-refractivity contribution in [2.45, 2.75) is 129 Å². The third kappa shape index (κ3) is 9.45. The summed E-state index contributed by atoms with van der Waals surface area (Å²) >= 11 is 0. The lowest BCUT2D eigenvalue weighted by molar-refractivity contribution is -0.0918. The van der Waals surface area contributed by atoms with Crippen LogP contribution in [0.2, 0.25) is 6.82 Å². The summed E-state index contributed by atoms with van der Waals surface area (Å²) in [7, 11) is 1.83. The minimum Gasteiger partial charge on any atom is -0.461 e. The Morgan fingerprint density at radius 1 is 0.881 bits per heavy atom. The SMILES string of the molecule is CB(OC(C)(C)C(C)(C)O)c1cccc(-c2cccc(C(Cc3cccc(C4C=CC=C([B]OC(C)(C)C(C)(C)O)C4)c3)C3=CC(C)C4C(=C3)OC3=C4CCC=C3)c2)c1. The first-order valence-corrected chi connectivity index (χ1v) is 21.6. The number of allylic oxidation sites excluding steroid dienone is 10. The first-order chi connectivity index (χ1) is 27.8. The van der Waals surface area contributed by atoms with Crippen LogP contribution in [0.1, 0.15) is 110 Å². The molecule has 1 radical (unpaired) electrons. The fourth-order valence-electron chi connectivity index (χ4n) is 8.52. The van der Waals surface area contributed by atoms with Gasteiger partial charge in [-0.25, -0.2) is 0 Å². The van der Waals surface area contributed by atoms with Crippen molar-refractivity contribution in [1.29, 1.82) is 0 Å². The van der Waals surface area contributed by atoms with Gasteiger partial charge in [0.1, 0.15) is 11.5 Å². The molecule has 4 atom stereocenters. The lowest BCUT2D eigenvalue weighted by Gasteiger charge is -2.39. The van der Waals surface area contributed by atoms with Gasteiger partial charge in [-0.3, -0.25) is 0 Å². The lowest BCUT2D eigenvalue weighted by atomic mass is 9.62. The Balaban J connectivity index is 1.18. The minimum absolute atomic E-state index is 0.0963. The van der Waals surface area contributed by atoms with Gasteiger partial charge in [0.05, 0.1) is 22.4 Å². The molecule has 3 aromatic rings. The molecule has 59 heavy (non-hydrogen) atoms. The fraction of sp³-hybridized carbons (Fsp3) is 0.423. The fourth-order valence-corrected chi connectivity index (χ4v) is 8.52. The van der Waals surface area contributed by atoms with E-state index in [2.05, 4.69) is 129 Å². The molecule has 4 aliphatic rings. The predicted octanol–water partition coefficient (Wildman–Crippen LogP) is 10.9. The summed E-state index contributed by atoms with van der Waals surface area (Å²) in [6.45, 7) is 19.1. The van der Waals surface area contributed by atoms with Gasteiger partial charge in [-0.2, -0.15) is 0 Å². The average molecular weight is 790 g/mol. The third-order valence-corrected chi connectivity index (χ3v) is 13.6. The van der Waals surface area contributed by atoms with Crippen molar-refractivity contribution in [2.75, 3.05) is 0 Å². The van der Waals surface area contributed by atoms with Crippen molar-refractivity contribution in [3.8, 4) is 11.1 Å². The average Bonchev–Trinajstić information content (AvgIpc) is 3.58. The zero-order chi connectivity index (χ0) is 42.3. The Morgan fingerprint density at radius 3 is 2.34 bits per heavy atom. The Bertz CT molecular complexity index is 2220. The number of hydrogen-bond acceptors (Lipinski definition) is 5. The van der Waals surface area contributed by atoms with Crippen LogP contribution >= 0.6 is 0 Å². The number of benzene rings is 3. The summed E-state index contributed by atoms with van der Waals surface area (Å²) in [5.74, 6) is 3.06. The summed E-state index contributed by atoms with van der Waals surface area (Å²) in [5.41, 5.74) is 7.60. The zero-order valence-electron chi connectivity index (χ0n) is 36.9. The van der Waals surface area contributed by atoms with Gasteiger partial charge in [0, 0.05) is 17.8 Å². The highest BCUT2D eigenvalue weighted by Crippen LogP contribution is 2.49. The van der Waals surface area contributed by atoms with Gasteiger partial charge in [-0.1, -0.05) is 122 Å². The zero-order valence-corrected chi connectivity index (χ0v) is 36.9. The second-order valence-corrected chi connectivity index (χ2v) is 19.3. The Kier molecular flexibility index (Phi) is 12.2. The number of fused-ring (bicyclic) bond motifs is 2. The van der Waals surface area contributed by atoms with E-state index < -0.39 is 22.4 Å². The smallest absolute Gasteiger partial charge is 0.326 e. The van der Waals surface area contributed by atoms with Gasteiger partial charge < -0.3 is 24.3 Å². The van der Waals surface area contributed by atoms with Gasteiger partial charge >= 0.3 is 14.4 Å². The van der Waals surface area contributed by atoms with E-state index in [4.69, 9.17) is 14.0 Å². The standard InChI is InChI=1S/C52H63B2O5/c1-34-27-41(33-47-48(34)44-25-11-12-26-46(44)57-47)45(29-35-17-13-18-36(28-35)38-20-15-23-42(31-38)53-58-51(6,7)49(2,3)55)40-22-14-19-37(30-40)39-21-16-24-43(32-39)54(10)59-52(8,9)50(4,5)56/h12-24,26-28,30,32-34,38,45,48,55-56H,11,25,29,31H2,1-10H3. The van der Waals surface area contributed by atoms with Crippen LogP contribution in [-0.4, -0.2) is 47.0 Å². The van der Waals surface area contributed by atoms with Crippen LogP contribution in [0.4, 0.5) is 0 Å². The van der Waals surface area contributed by atoms with E-state index in [1.807, 2.05) is 35.2 Å². The number of hydrogen-bond donors (Lipinski definition) is 2. The van der Waals surface area contributed by atoms with E-state index in [-0.39, 0.29) is 18.8 Å². The van der Waals surface area contributed by atoms with E-state index in [1.54, 1.807) is 27.7 Å². The molecule has 3 aromatic carbocycles. The molecular weight excluding hydrogens is 726 g/mol. The van der Waals surface area contributed by atoms with Crippen LogP contribution in [0.5, 0.6) is 0 Å². The van der Waals surface area contributed by atoms with Crippen LogP contribution in [0.25, 0.3) is 11.1 Å². The van der Waals surface area contributed by atoms with E-state index >= 15 is 0 Å². The van der Waals surface area contributed by atoms with Crippen molar-refractivity contribution >= 4 is 19.9 Å². The first-order valence-electron chi connectivity index (χ1n) is 21.6. The first kappa shape index (κ1) is 43.0. The molecule has 1 aliphatic heterocycles. The Hall–Kier alpha value is -4.13. The van der Waals surface area contributed by atoms with Gasteiger partial charge in [-0.05, 0) is 144 Å². The molecular formula is C52H63B2O5. The third-order valence-electron chi connectivity index (χ3n) is 13.6. The van der Waals surface area contributed by atoms with Crippen molar-refractivity contribution in [3.63, 3.8) is 0 Å². The number of aliphatic hydroxyl groups is 2. The molecule has 1 heterocycles. The van der Waals surface area contributed by atoms with Crippen LogP contribution in [0, 0.1) is 11.8 Å². The molecule has 0 amide bonds. The van der Waals surface area contributed by atoms with Gasteiger partial charge in [0.2, 0.25) is 0 Å². The lowest BCUT2D eigenvalue weighted by Crippen LogP contribution is -2.52. The molecule has 2 N–H and O–H groups in total. The van der Waals surface area contributed by atoms with Crippen molar-refractivity contribution in [1.82, 2.24) is 0 Å². The van der Waals surface area contributed by atoms with Crippen LogP contribution < -0.4 is 5.46 Å². The normalized spacial score (nSPS) is 21.2. The minimum atomic E-state index is -0.992. The van der Waals surface area contributed by atoms with Crippen molar-refractivity contribution < 1.29 is 24.3 Å². The molecule has 0 bridgehead atoms. The van der Waals surface area contributed by atoms with E-state index in [0.29, 0.717) is 11.8 Å². The quantitative estimate of drug-likeness (QED) is 0.159. The second-order valence-electron chi connectivity index (χ2n) is 19.3. The molecule has 0 spiro atoms. The largest absolute Gasteiger partial charge is 0.461 e. The Morgan fingerprint density at radius 2 is 1.59 bits per heavy atom. The molecule has 0 fully saturated rings. The van der Waals surface area contributed by atoms with Gasteiger partial charge in [0.25, 0.3) is 0 Å². The molecule has 7 rings (SSSR count). The van der Waals surface area contributed by atoms with E-state index in [9.17, 15) is 10.2 Å².